The van der Waals surface area contributed by atoms with Crippen LogP contribution < -0.4 is 4.74 Å². The number of aromatic nitrogens is 2. The lowest BCUT2D eigenvalue weighted by Crippen LogP contribution is -2.48. The molecule has 1 fully saturated rings. The highest BCUT2D eigenvalue weighted by molar-refractivity contribution is 5.92. The molecule has 2 heterocycles. The van der Waals surface area contributed by atoms with E-state index in [4.69, 9.17) is 4.74 Å². The van der Waals surface area contributed by atoms with E-state index in [0.29, 0.717) is 12.2 Å². The molecule has 2 aromatic rings. The number of amides is 1. The number of hydrogen-bond acceptors (Lipinski definition) is 4. The van der Waals surface area contributed by atoms with Gasteiger partial charge in [-0.2, -0.15) is 5.10 Å². The van der Waals surface area contributed by atoms with Crippen LogP contribution in [0, 0.1) is 0 Å². The summed E-state index contributed by atoms with van der Waals surface area (Å²) in [5.74, 6) is 0.611. The molecule has 0 radical (unpaired) electrons. The van der Waals surface area contributed by atoms with Gasteiger partial charge < -0.3 is 14.7 Å². The fourth-order valence-electron chi connectivity index (χ4n) is 3.24. The van der Waals surface area contributed by atoms with Gasteiger partial charge in [0.05, 0.1) is 13.2 Å². The lowest BCUT2D eigenvalue weighted by atomic mass is 9.86. The molecular weight excluding hydrogens is 294 g/mol. The highest BCUT2D eigenvalue weighted by Crippen LogP contribution is 2.35. The second kappa shape index (κ2) is 6.04. The molecule has 2 N–H and O–H groups in total. The van der Waals surface area contributed by atoms with Crippen molar-refractivity contribution in [1.82, 2.24) is 15.1 Å². The van der Waals surface area contributed by atoms with E-state index in [0.717, 1.165) is 24.2 Å². The van der Waals surface area contributed by atoms with Crippen LogP contribution in [0.4, 0.5) is 0 Å². The first-order valence-corrected chi connectivity index (χ1v) is 7.71. The normalized spacial score (nSPS) is 20.3. The van der Waals surface area contributed by atoms with E-state index >= 15 is 0 Å². The Morgan fingerprint density at radius 2 is 2.13 bits per heavy atom. The molecular formula is C17H21N3O3. The summed E-state index contributed by atoms with van der Waals surface area (Å²) in [6, 6.07) is 8.71. The molecule has 0 bridgehead atoms. The molecule has 1 aromatic carbocycles. The van der Waals surface area contributed by atoms with Crippen LogP contribution in [0.15, 0.2) is 36.5 Å². The van der Waals surface area contributed by atoms with Crippen molar-refractivity contribution in [2.24, 2.45) is 0 Å². The van der Waals surface area contributed by atoms with E-state index in [1.54, 1.807) is 31.2 Å². The van der Waals surface area contributed by atoms with Gasteiger partial charge in [0.15, 0.2) is 0 Å². The second-order valence-electron chi connectivity index (χ2n) is 6.00. The van der Waals surface area contributed by atoms with Gasteiger partial charge in [-0.25, -0.2) is 0 Å². The van der Waals surface area contributed by atoms with Crippen molar-refractivity contribution in [3.63, 3.8) is 0 Å². The van der Waals surface area contributed by atoms with Crippen LogP contribution >= 0.6 is 0 Å². The molecule has 1 aliphatic heterocycles. The molecule has 1 aromatic heterocycles. The zero-order valence-electron chi connectivity index (χ0n) is 13.3. The average molecular weight is 315 g/mol. The summed E-state index contributed by atoms with van der Waals surface area (Å²) in [5.41, 5.74) is 0.0911. The van der Waals surface area contributed by atoms with Gasteiger partial charge in [-0.3, -0.25) is 9.89 Å². The molecule has 122 valence electrons. The van der Waals surface area contributed by atoms with E-state index in [-0.39, 0.29) is 11.9 Å². The number of aromatic amines is 1. The largest absolute Gasteiger partial charge is 0.497 e. The quantitative estimate of drug-likeness (QED) is 0.903. The van der Waals surface area contributed by atoms with E-state index in [9.17, 15) is 9.90 Å². The number of nitrogens with zero attached hydrogens (tertiary/aromatic N) is 2. The van der Waals surface area contributed by atoms with Gasteiger partial charge in [0, 0.05) is 12.7 Å². The average Bonchev–Trinajstić information content (AvgIpc) is 3.25. The molecule has 6 nitrogen and oxygen atoms in total. The van der Waals surface area contributed by atoms with Crippen LogP contribution in [0.5, 0.6) is 5.75 Å². The van der Waals surface area contributed by atoms with Gasteiger partial charge in [0.25, 0.3) is 5.91 Å². The first-order valence-electron chi connectivity index (χ1n) is 7.71. The summed E-state index contributed by atoms with van der Waals surface area (Å²) >= 11 is 0. The topological polar surface area (TPSA) is 78.5 Å². The fraction of sp³-hybridized carbons (Fsp3) is 0.412. The number of nitrogens with one attached hydrogen (secondary N) is 1. The number of carbonyl (C=O) groups is 1. The lowest BCUT2D eigenvalue weighted by molar-refractivity contribution is -0.0179. The van der Waals surface area contributed by atoms with Crippen molar-refractivity contribution in [2.75, 3.05) is 13.7 Å². The van der Waals surface area contributed by atoms with E-state index in [2.05, 4.69) is 10.2 Å². The minimum Gasteiger partial charge on any atom is -0.497 e. The number of benzene rings is 1. The van der Waals surface area contributed by atoms with E-state index in [1.165, 1.54) is 0 Å². The molecule has 0 saturated carbocycles. The zero-order valence-corrected chi connectivity index (χ0v) is 13.3. The van der Waals surface area contributed by atoms with Crippen molar-refractivity contribution in [3.8, 4) is 5.75 Å². The summed E-state index contributed by atoms with van der Waals surface area (Å²) in [6.45, 7) is 2.40. The predicted molar refractivity (Wildman–Crippen MR) is 85.2 cm³/mol. The third kappa shape index (κ3) is 2.82. The van der Waals surface area contributed by atoms with Crippen molar-refractivity contribution in [1.29, 1.82) is 0 Å². The van der Waals surface area contributed by atoms with Crippen LogP contribution in [-0.2, 0) is 5.60 Å². The Labute approximate surface area is 135 Å². The van der Waals surface area contributed by atoms with Crippen LogP contribution in [0.3, 0.4) is 0 Å². The summed E-state index contributed by atoms with van der Waals surface area (Å²) < 4.78 is 5.16. The number of ether oxygens (including phenoxy) is 1. The second-order valence-corrected chi connectivity index (χ2v) is 6.00. The fourth-order valence-corrected chi connectivity index (χ4v) is 3.24. The number of hydrogen-bond donors (Lipinski definition) is 2. The minimum atomic E-state index is -1.13. The number of likely N-dealkylation sites (tertiary alicyclic amines) is 1. The summed E-state index contributed by atoms with van der Waals surface area (Å²) in [6.07, 6.45) is 3.19. The number of aliphatic hydroxyl groups is 1. The summed E-state index contributed by atoms with van der Waals surface area (Å²) in [4.78, 5) is 14.4. The van der Waals surface area contributed by atoms with Crippen LogP contribution in [-0.4, -0.2) is 45.8 Å². The zero-order chi connectivity index (χ0) is 16.4. The maximum Gasteiger partial charge on any atom is 0.272 e. The molecule has 6 heteroatoms. The maximum atomic E-state index is 12.6. The first kappa shape index (κ1) is 15.6. The van der Waals surface area contributed by atoms with Gasteiger partial charge in [0.1, 0.15) is 17.0 Å². The highest BCUT2D eigenvalue weighted by atomic mass is 16.5. The van der Waals surface area contributed by atoms with Crippen LogP contribution in [0.25, 0.3) is 0 Å². The Morgan fingerprint density at radius 1 is 1.39 bits per heavy atom. The molecule has 1 amide bonds. The SMILES string of the molecule is COc1ccc([C@@](C)(O)[C@@H]2CCCN2C(=O)c2ccn[nH]2)cc1. The Morgan fingerprint density at radius 3 is 2.74 bits per heavy atom. The maximum absolute atomic E-state index is 12.6. The predicted octanol–water partition coefficient (Wildman–Crippen LogP) is 1.93. The van der Waals surface area contributed by atoms with Crippen molar-refractivity contribution in [2.45, 2.75) is 31.4 Å². The molecule has 1 saturated heterocycles. The Balaban J connectivity index is 1.86. The number of rotatable bonds is 4. The van der Waals surface area contributed by atoms with Gasteiger partial charge in [-0.1, -0.05) is 12.1 Å². The van der Waals surface area contributed by atoms with Gasteiger partial charge in [-0.15, -0.1) is 0 Å². The number of methoxy groups -OCH3 is 1. The lowest BCUT2D eigenvalue weighted by Gasteiger charge is -2.36. The first-order chi connectivity index (χ1) is 11.0. The molecule has 1 aliphatic rings. The molecule has 3 rings (SSSR count). The third-order valence-corrected chi connectivity index (χ3v) is 4.57. The molecule has 2 atom stereocenters. The molecule has 23 heavy (non-hydrogen) atoms. The van der Waals surface area contributed by atoms with Crippen molar-refractivity contribution >= 4 is 5.91 Å². The van der Waals surface area contributed by atoms with Crippen LogP contribution in [0.1, 0.15) is 35.8 Å². The minimum absolute atomic E-state index is 0.126. The van der Waals surface area contributed by atoms with Crippen molar-refractivity contribution in [3.05, 3.63) is 47.8 Å². The number of H-pyrrole nitrogens is 1. The summed E-state index contributed by atoms with van der Waals surface area (Å²) in [5, 5.41) is 17.6. The van der Waals surface area contributed by atoms with Crippen LogP contribution in [0.2, 0.25) is 0 Å². The highest BCUT2D eigenvalue weighted by Gasteiger charge is 2.43. The monoisotopic (exact) mass is 315 g/mol. The van der Waals surface area contributed by atoms with E-state index in [1.807, 2.05) is 24.3 Å². The Hall–Kier alpha value is -2.34. The smallest absolute Gasteiger partial charge is 0.272 e. The van der Waals surface area contributed by atoms with Crippen molar-refractivity contribution < 1.29 is 14.6 Å². The Kier molecular flexibility index (Phi) is 4.09. The molecule has 0 aliphatic carbocycles. The number of carbonyl (C=O) groups excluding carboxylic acids is 1. The van der Waals surface area contributed by atoms with Gasteiger partial charge >= 0.3 is 0 Å². The summed E-state index contributed by atoms with van der Waals surface area (Å²) in [7, 11) is 1.61. The standard InChI is InChI=1S/C17H21N3O3/c1-17(22,12-5-7-13(23-2)8-6-12)15-4-3-11-20(15)16(21)14-9-10-18-19-14/h5-10,15,22H,3-4,11H2,1-2H3,(H,18,19)/t15-,17+/m0/s1. The third-order valence-electron chi connectivity index (χ3n) is 4.57. The van der Waals surface area contributed by atoms with Gasteiger partial charge in [-0.05, 0) is 43.5 Å². The Bertz CT molecular complexity index is 665. The van der Waals surface area contributed by atoms with E-state index < -0.39 is 5.60 Å². The molecule has 0 unspecified atom stereocenters. The van der Waals surface area contributed by atoms with Gasteiger partial charge in [0.2, 0.25) is 0 Å². The molecule has 0 spiro atoms.